The van der Waals surface area contributed by atoms with Crippen molar-refractivity contribution < 1.29 is 0 Å². The summed E-state index contributed by atoms with van der Waals surface area (Å²) in [6.45, 7) is 29.3. The van der Waals surface area contributed by atoms with Crippen molar-refractivity contribution >= 4 is 42.2 Å². The van der Waals surface area contributed by atoms with Crippen LogP contribution in [0, 0.1) is 13.8 Å². The van der Waals surface area contributed by atoms with E-state index < -0.39 is 14.5 Å². The van der Waals surface area contributed by atoms with Gasteiger partial charge in [-0.15, -0.1) is 0 Å². The van der Waals surface area contributed by atoms with E-state index in [0.717, 1.165) is 0 Å². The summed E-state index contributed by atoms with van der Waals surface area (Å²) in [5, 5.41) is 3.18. The van der Waals surface area contributed by atoms with Crippen LogP contribution < -0.4 is 15.5 Å². The molecule has 0 radical (unpaired) electrons. The second kappa shape index (κ2) is 11.6. The number of hydrogen-bond donors (Lipinski definition) is 0. The quantitative estimate of drug-likeness (QED) is 0.246. The molecular weight excluding hydrogens is 484 g/mol. The first-order valence-electron chi connectivity index (χ1n) is 14.3. The minimum atomic E-state index is -1.83. The molecule has 3 heteroatoms. The van der Waals surface area contributed by atoms with E-state index in [1.54, 1.807) is 10.6 Å². The maximum atomic E-state index is 2.62. The van der Waals surface area contributed by atoms with Crippen LogP contribution in [0.15, 0.2) is 66.7 Å². The SMILES string of the molecule is Cc1ccc(N(c2ccccc2)c2ccc(C)cc2[PH](C)(C(C)C)C(C)C)c([PH](C)(C(C)C)C(C)C)c1. The number of benzene rings is 3. The number of para-hydroxylation sites is 1. The van der Waals surface area contributed by atoms with Gasteiger partial charge in [-0.25, -0.2) is 0 Å². The van der Waals surface area contributed by atoms with Crippen LogP contribution >= 0.6 is 14.5 Å². The first kappa shape index (κ1) is 29.9. The van der Waals surface area contributed by atoms with Crippen LogP contribution in [0.3, 0.4) is 0 Å². The fourth-order valence-electron chi connectivity index (χ4n) is 6.12. The predicted octanol–water partition coefficient (Wildman–Crippen LogP) is 9.42. The van der Waals surface area contributed by atoms with Crippen LogP contribution in [0.2, 0.25) is 0 Å². The Kier molecular flexibility index (Phi) is 9.36. The van der Waals surface area contributed by atoms with Crippen molar-refractivity contribution in [2.75, 3.05) is 18.2 Å². The Hall–Kier alpha value is -1.68. The minimum absolute atomic E-state index is 0.647. The molecule has 204 valence electrons. The third kappa shape index (κ3) is 5.56. The molecule has 0 atom stereocenters. The van der Waals surface area contributed by atoms with Gasteiger partial charge in [0.05, 0.1) is 0 Å². The van der Waals surface area contributed by atoms with E-state index in [2.05, 4.69) is 154 Å². The van der Waals surface area contributed by atoms with E-state index >= 15 is 0 Å². The predicted molar refractivity (Wildman–Crippen MR) is 179 cm³/mol. The first-order chi connectivity index (χ1) is 17.3. The number of nitrogens with zero attached hydrogens (tertiary/aromatic N) is 1. The Labute approximate surface area is 229 Å². The van der Waals surface area contributed by atoms with E-state index in [1.807, 2.05) is 0 Å². The molecule has 1 nitrogen and oxygen atoms in total. The molecule has 0 aliphatic heterocycles. The first-order valence-corrected chi connectivity index (χ1v) is 19.6. The molecule has 0 aliphatic carbocycles. The normalized spacial score (nSPS) is 13.6. The molecule has 3 aromatic carbocycles. The van der Waals surface area contributed by atoms with E-state index in [9.17, 15) is 0 Å². The fraction of sp³-hybridized carbons (Fsp3) is 0.471. The molecule has 0 spiro atoms. The molecule has 0 saturated carbocycles. The van der Waals surface area contributed by atoms with Gasteiger partial charge in [-0.2, -0.15) is 0 Å². The molecule has 37 heavy (non-hydrogen) atoms. The van der Waals surface area contributed by atoms with Crippen molar-refractivity contribution in [3.63, 3.8) is 0 Å². The Balaban J connectivity index is 2.49. The zero-order valence-corrected chi connectivity index (χ0v) is 27.6. The molecule has 0 unspecified atom stereocenters. The average Bonchev–Trinajstić information content (AvgIpc) is 2.84. The van der Waals surface area contributed by atoms with Crippen molar-refractivity contribution in [1.82, 2.24) is 0 Å². The zero-order chi connectivity index (χ0) is 27.7. The summed E-state index contributed by atoms with van der Waals surface area (Å²) in [6, 6.07) is 25.6. The van der Waals surface area contributed by atoms with Crippen LogP contribution in [0.4, 0.5) is 17.1 Å². The van der Waals surface area contributed by atoms with Crippen molar-refractivity contribution in [3.05, 3.63) is 77.9 Å². The van der Waals surface area contributed by atoms with Gasteiger partial charge in [-0.3, -0.25) is 0 Å². The summed E-state index contributed by atoms with van der Waals surface area (Å²) < 4.78 is 0. The van der Waals surface area contributed by atoms with Crippen LogP contribution in [0.1, 0.15) is 66.5 Å². The van der Waals surface area contributed by atoms with E-state index in [-0.39, 0.29) is 0 Å². The van der Waals surface area contributed by atoms with E-state index in [1.165, 1.54) is 28.2 Å². The van der Waals surface area contributed by atoms with Crippen LogP contribution in [0.25, 0.3) is 0 Å². The molecule has 0 bridgehead atoms. The Morgan fingerprint density at radius 3 is 1.19 bits per heavy atom. The number of hydrogen-bond acceptors (Lipinski definition) is 1. The monoisotopic (exact) mass is 537 g/mol. The number of anilines is 3. The molecule has 3 rings (SSSR count). The third-order valence-corrected chi connectivity index (χ3v) is 22.5. The van der Waals surface area contributed by atoms with Crippen molar-refractivity contribution in [2.45, 2.75) is 91.9 Å². The Bertz CT molecular complexity index is 1100. The van der Waals surface area contributed by atoms with Gasteiger partial charge in [-0.05, 0) is 0 Å². The summed E-state index contributed by atoms with van der Waals surface area (Å²) >= 11 is 0. The third-order valence-electron chi connectivity index (χ3n) is 9.76. The second-order valence-corrected chi connectivity index (χ2v) is 23.7. The zero-order valence-electron chi connectivity index (χ0n) is 25.6. The van der Waals surface area contributed by atoms with Gasteiger partial charge in [0.15, 0.2) is 0 Å². The average molecular weight is 538 g/mol. The summed E-state index contributed by atoms with van der Waals surface area (Å²) in [7, 11) is -3.67. The molecule has 3 aromatic rings. The van der Waals surface area contributed by atoms with Gasteiger partial charge in [0.25, 0.3) is 0 Å². The summed E-state index contributed by atoms with van der Waals surface area (Å²) in [4.78, 5) is 2.62. The van der Waals surface area contributed by atoms with Crippen LogP contribution in [-0.2, 0) is 0 Å². The van der Waals surface area contributed by atoms with Crippen LogP contribution in [0.5, 0.6) is 0 Å². The van der Waals surface area contributed by atoms with E-state index in [4.69, 9.17) is 0 Å². The Morgan fingerprint density at radius 1 is 0.514 bits per heavy atom. The second-order valence-electron chi connectivity index (χ2n) is 12.9. The molecule has 0 fully saturated rings. The molecule has 0 heterocycles. The van der Waals surface area contributed by atoms with Gasteiger partial charge in [0.1, 0.15) is 0 Å². The fourth-order valence-corrected chi connectivity index (χ4v) is 13.8. The maximum absolute atomic E-state index is 2.62. The van der Waals surface area contributed by atoms with Gasteiger partial charge >= 0.3 is 230 Å². The number of aryl methyl sites for hydroxylation is 2. The molecule has 0 saturated heterocycles. The molecule has 0 N–H and O–H groups in total. The van der Waals surface area contributed by atoms with Crippen LogP contribution in [-0.4, -0.2) is 36.0 Å². The summed E-state index contributed by atoms with van der Waals surface area (Å²) in [5.41, 5.74) is 9.32. The number of rotatable bonds is 9. The molecule has 0 aliphatic rings. The summed E-state index contributed by atoms with van der Waals surface area (Å²) in [5.74, 6) is 0. The van der Waals surface area contributed by atoms with E-state index in [0.29, 0.717) is 22.6 Å². The van der Waals surface area contributed by atoms with Crippen molar-refractivity contribution in [3.8, 4) is 0 Å². The van der Waals surface area contributed by atoms with Crippen molar-refractivity contribution in [1.29, 1.82) is 0 Å². The summed E-state index contributed by atoms with van der Waals surface area (Å²) in [6.07, 6.45) is 0. The van der Waals surface area contributed by atoms with Gasteiger partial charge in [0, 0.05) is 0 Å². The van der Waals surface area contributed by atoms with Crippen molar-refractivity contribution in [2.24, 2.45) is 0 Å². The van der Waals surface area contributed by atoms with Gasteiger partial charge < -0.3 is 0 Å². The molecular formula is C34H53NP2. The van der Waals surface area contributed by atoms with Gasteiger partial charge in [-0.1, -0.05) is 0 Å². The topological polar surface area (TPSA) is 3.24 Å². The van der Waals surface area contributed by atoms with Gasteiger partial charge in [0.2, 0.25) is 0 Å². The Morgan fingerprint density at radius 2 is 0.865 bits per heavy atom. The standard InChI is InChI=1S/C34H53NP2/c1-24(2)36(11,25(3)4)33-22-28(9)18-20-31(33)35(30-16-14-13-15-17-30)32-21-19-29(10)23-34(32)37(12,26(5)6)27(7)8/h13-27,36-37H,1-12H3. The molecule has 0 aromatic heterocycles. The molecule has 0 amide bonds.